The molecule has 12 nitrogen and oxygen atoms in total. The molecule has 0 saturated carbocycles. The van der Waals surface area contributed by atoms with Crippen molar-refractivity contribution in [1.82, 2.24) is 29.1 Å². The second-order valence-corrected chi connectivity index (χ2v) is 16.2. The number of benzene rings is 3. The lowest BCUT2D eigenvalue weighted by Crippen LogP contribution is -2.45. The van der Waals surface area contributed by atoms with Gasteiger partial charge in [-0.25, -0.2) is 23.5 Å². The monoisotopic (exact) mass is 896 g/mol. The molecule has 1 saturated heterocycles. The second-order valence-electron chi connectivity index (χ2n) is 15.0. The van der Waals surface area contributed by atoms with Crippen molar-refractivity contribution < 1.29 is 37.6 Å². The third kappa shape index (κ3) is 10.5. The first-order valence-corrected chi connectivity index (χ1v) is 21.5. The Morgan fingerprint density at radius 1 is 1.02 bits per heavy atom. The lowest BCUT2D eigenvalue weighted by atomic mass is 9.93. The van der Waals surface area contributed by atoms with Crippen LogP contribution in [0.4, 0.5) is 8.78 Å². The molecule has 63 heavy (non-hydrogen) atoms. The number of halogens is 3. The molecule has 16 heteroatoms. The summed E-state index contributed by atoms with van der Waals surface area (Å²) in [5.41, 5.74) is 4.15. The first kappa shape index (κ1) is 45.0. The molecule has 0 radical (unpaired) electrons. The number of pyridine rings is 1. The van der Waals surface area contributed by atoms with Gasteiger partial charge in [-0.05, 0) is 98.5 Å². The summed E-state index contributed by atoms with van der Waals surface area (Å²) < 4.78 is 58.4. The molecule has 0 unspecified atom stereocenters. The summed E-state index contributed by atoms with van der Waals surface area (Å²) >= 11 is 8.09. The largest absolute Gasteiger partial charge is 0.496 e. The Morgan fingerprint density at radius 2 is 1.81 bits per heavy atom. The molecule has 0 bridgehead atoms. The summed E-state index contributed by atoms with van der Waals surface area (Å²) in [5, 5.41) is 11.4. The van der Waals surface area contributed by atoms with Crippen LogP contribution in [0.25, 0.3) is 43.9 Å². The van der Waals surface area contributed by atoms with Crippen LogP contribution in [-0.4, -0.2) is 99.8 Å². The summed E-state index contributed by atoms with van der Waals surface area (Å²) in [6.07, 6.45) is 5.23. The van der Waals surface area contributed by atoms with Gasteiger partial charge in [0.15, 0.2) is 17.5 Å². The molecule has 1 atom stereocenters. The number of hydrogen-bond donors (Lipinski definition) is 1. The number of aromatic nitrogens is 4. The van der Waals surface area contributed by atoms with Crippen LogP contribution in [0.3, 0.4) is 0 Å². The Balaban J connectivity index is 1.20. The number of carboxylic acids is 1. The van der Waals surface area contributed by atoms with Gasteiger partial charge in [-0.2, -0.15) is 4.37 Å². The topological polar surface area (TPSA) is 132 Å². The summed E-state index contributed by atoms with van der Waals surface area (Å²) in [5.74, 6) is -1.22. The van der Waals surface area contributed by atoms with Gasteiger partial charge >= 0.3 is 5.97 Å². The number of carboxylic acid groups (broad SMARTS) is 1. The van der Waals surface area contributed by atoms with E-state index in [0.29, 0.717) is 78.4 Å². The normalized spacial score (nSPS) is 14.5. The third-order valence-corrected chi connectivity index (χ3v) is 12.0. The van der Waals surface area contributed by atoms with Gasteiger partial charge in [0, 0.05) is 62.7 Å². The van der Waals surface area contributed by atoms with E-state index >= 15 is 0 Å². The number of para-hydroxylation sites is 1. The van der Waals surface area contributed by atoms with Gasteiger partial charge in [0.2, 0.25) is 12.0 Å². The van der Waals surface area contributed by atoms with Crippen LogP contribution in [0.5, 0.6) is 17.4 Å². The Hall–Kier alpha value is -6.00. The van der Waals surface area contributed by atoms with Gasteiger partial charge in [0.1, 0.15) is 24.7 Å². The third-order valence-electron chi connectivity index (χ3n) is 10.8. The number of aliphatic carboxylic acids is 1. The lowest BCUT2D eigenvalue weighted by molar-refractivity contribution is -0.145. The van der Waals surface area contributed by atoms with E-state index in [-0.39, 0.29) is 24.5 Å². The fourth-order valence-electron chi connectivity index (χ4n) is 7.27. The molecule has 1 aliphatic heterocycles. The van der Waals surface area contributed by atoms with E-state index in [2.05, 4.69) is 31.2 Å². The predicted molar refractivity (Wildman–Crippen MR) is 240 cm³/mol. The van der Waals surface area contributed by atoms with E-state index in [1.807, 2.05) is 44.2 Å². The number of ether oxygens (including phenoxy) is 4. The highest BCUT2D eigenvalue weighted by Crippen LogP contribution is 2.46. The zero-order chi connectivity index (χ0) is 44.6. The van der Waals surface area contributed by atoms with E-state index in [1.165, 1.54) is 6.07 Å². The van der Waals surface area contributed by atoms with Crippen molar-refractivity contribution in [2.24, 2.45) is 0 Å². The zero-order valence-corrected chi connectivity index (χ0v) is 37.1. The maximum absolute atomic E-state index is 14.8. The Labute approximate surface area is 373 Å². The molecule has 6 aromatic rings. The van der Waals surface area contributed by atoms with Crippen LogP contribution >= 0.6 is 23.1 Å². The summed E-state index contributed by atoms with van der Waals surface area (Å²) in [6, 6.07) is 16.3. The number of nitrogens with zero attached hydrogens (tertiary/aromatic N) is 6. The number of piperazine rings is 1. The van der Waals surface area contributed by atoms with Gasteiger partial charge in [-0.15, -0.1) is 0 Å². The zero-order valence-electron chi connectivity index (χ0n) is 35.5. The molecule has 0 amide bonds. The summed E-state index contributed by atoms with van der Waals surface area (Å²) in [4.78, 5) is 31.4. The standard InChI is InChI=1S/C47H47ClF2N6O6S/c1-6-9-30(29(3)61-27-32-16-17-51-45(53-32)34-10-7-8-11-37(34)59-5)25-39(47(57)58)62-46-42-40(63-54-46)26-52-44(31-12-14-35(49)36(50)24-31)41(42)33-13-15-38(43(48)28(33)2)60-23-22-56-20-18-55(4)19-21-56/h6-17,24,26,39H,18-23,25,27H2,1-5H3,(H,57,58)/b9-6-,30-29-/t39-/m1/s1. The first-order valence-electron chi connectivity index (χ1n) is 20.3. The van der Waals surface area contributed by atoms with Crippen molar-refractivity contribution in [1.29, 1.82) is 0 Å². The second kappa shape index (κ2) is 20.5. The van der Waals surface area contributed by atoms with Gasteiger partial charge < -0.3 is 29.0 Å². The molecule has 328 valence electrons. The molecule has 1 aliphatic rings. The SMILES string of the molecule is C/C=C\C(C[C@@H](Oc1nsc2cnc(-c3ccc(F)c(F)c3)c(-c3ccc(OCCN4CCN(C)CC4)c(Cl)c3C)c12)C(=O)O)=C(/C)OCc1ccnc(-c2ccccc2OC)n1. The van der Waals surface area contributed by atoms with E-state index in [1.54, 1.807) is 50.7 Å². The van der Waals surface area contributed by atoms with Crippen LogP contribution in [0.1, 0.15) is 31.5 Å². The summed E-state index contributed by atoms with van der Waals surface area (Å²) in [6.45, 7) is 10.5. The van der Waals surface area contributed by atoms with Crippen LogP contribution in [0.15, 0.2) is 96.5 Å². The minimum absolute atomic E-state index is 0.0231. The molecular formula is C47H47ClF2N6O6S. The predicted octanol–water partition coefficient (Wildman–Crippen LogP) is 9.65. The molecule has 3 aromatic heterocycles. The molecule has 3 aromatic carbocycles. The van der Waals surface area contributed by atoms with E-state index in [9.17, 15) is 18.7 Å². The van der Waals surface area contributed by atoms with Crippen molar-refractivity contribution in [2.75, 3.05) is 53.5 Å². The van der Waals surface area contributed by atoms with Crippen LogP contribution < -0.4 is 14.2 Å². The molecule has 7 rings (SSSR count). The highest BCUT2D eigenvalue weighted by molar-refractivity contribution is 7.13. The van der Waals surface area contributed by atoms with Crippen LogP contribution in [0.2, 0.25) is 5.02 Å². The average molecular weight is 897 g/mol. The number of methoxy groups -OCH3 is 1. The molecule has 1 N–H and O–H groups in total. The number of hydrogen-bond acceptors (Lipinski definition) is 12. The van der Waals surface area contributed by atoms with Crippen molar-refractivity contribution in [3.8, 4) is 51.2 Å². The average Bonchev–Trinajstić information content (AvgIpc) is 3.70. The van der Waals surface area contributed by atoms with Crippen molar-refractivity contribution in [2.45, 2.75) is 39.9 Å². The maximum atomic E-state index is 14.8. The Bertz CT molecular complexity index is 2670. The van der Waals surface area contributed by atoms with E-state index < -0.39 is 23.7 Å². The minimum Gasteiger partial charge on any atom is -0.496 e. The van der Waals surface area contributed by atoms with Gasteiger partial charge in [-0.1, -0.05) is 42.0 Å². The van der Waals surface area contributed by atoms with Crippen LogP contribution in [0, 0.1) is 18.6 Å². The fraction of sp³-hybridized carbons (Fsp3) is 0.298. The van der Waals surface area contributed by atoms with Gasteiger partial charge in [0.25, 0.3) is 0 Å². The van der Waals surface area contributed by atoms with Crippen LogP contribution in [-0.2, 0) is 16.1 Å². The number of allylic oxidation sites excluding steroid dienone is 3. The lowest BCUT2D eigenvalue weighted by Gasteiger charge is -2.32. The van der Waals surface area contributed by atoms with Gasteiger partial charge in [-0.3, -0.25) is 9.88 Å². The molecule has 1 fully saturated rings. The highest BCUT2D eigenvalue weighted by atomic mass is 35.5. The number of likely N-dealkylation sites (N-methyl/N-ethyl adjacent to an activating group) is 1. The maximum Gasteiger partial charge on any atom is 0.345 e. The summed E-state index contributed by atoms with van der Waals surface area (Å²) in [7, 11) is 3.69. The highest BCUT2D eigenvalue weighted by Gasteiger charge is 2.28. The molecular weight excluding hydrogens is 850 g/mol. The van der Waals surface area contributed by atoms with Crippen molar-refractivity contribution >= 4 is 39.2 Å². The molecule has 4 heterocycles. The quantitative estimate of drug-likeness (QED) is 0.0691. The van der Waals surface area contributed by atoms with E-state index in [0.717, 1.165) is 62.0 Å². The molecule has 0 spiro atoms. The molecule has 0 aliphatic carbocycles. The smallest absolute Gasteiger partial charge is 0.345 e. The number of carbonyl (C=O) groups is 1. The van der Waals surface area contributed by atoms with Crippen molar-refractivity contribution in [3.63, 3.8) is 0 Å². The van der Waals surface area contributed by atoms with E-state index in [4.69, 9.17) is 35.5 Å². The fourth-order valence-corrected chi connectivity index (χ4v) is 8.19. The van der Waals surface area contributed by atoms with Gasteiger partial charge in [0.05, 0.1) is 44.9 Å². The number of rotatable bonds is 17. The van der Waals surface area contributed by atoms with Crippen molar-refractivity contribution in [3.05, 3.63) is 124 Å². The minimum atomic E-state index is -1.43. The first-order chi connectivity index (χ1) is 30.4. The Morgan fingerprint density at radius 3 is 2.56 bits per heavy atom. The Kier molecular flexibility index (Phi) is 14.6. The number of fused-ring (bicyclic) bond motifs is 1.